The molecule has 2 aromatic carbocycles. The van der Waals surface area contributed by atoms with Crippen molar-refractivity contribution in [1.29, 1.82) is 0 Å². The van der Waals surface area contributed by atoms with E-state index < -0.39 is 5.97 Å². The molecule has 1 heterocycles. The molecule has 0 unspecified atom stereocenters. The molecular formula is C21H21N3O3S. The molecule has 7 heteroatoms. The van der Waals surface area contributed by atoms with Crippen molar-refractivity contribution in [2.75, 3.05) is 19.1 Å². The van der Waals surface area contributed by atoms with Crippen molar-refractivity contribution in [3.63, 3.8) is 0 Å². The number of benzene rings is 2. The minimum absolute atomic E-state index is 0.424. The molecule has 6 nitrogen and oxygen atoms in total. The Morgan fingerprint density at radius 2 is 1.93 bits per heavy atom. The van der Waals surface area contributed by atoms with Gasteiger partial charge in [0.2, 0.25) is 5.13 Å². The molecule has 0 amide bonds. The van der Waals surface area contributed by atoms with E-state index in [0.29, 0.717) is 22.3 Å². The van der Waals surface area contributed by atoms with E-state index in [4.69, 9.17) is 9.47 Å². The van der Waals surface area contributed by atoms with Crippen LogP contribution in [0, 0.1) is 0 Å². The van der Waals surface area contributed by atoms with Gasteiger partial charge >= 0.3 is 5.97 Å². The van der Waals surface area contributed by atoms with Crippen LogP contribution < -0.4 is 10.2 Å². The molecule has 3 aromatic rings. The van der Waals surface area contributed by atoms with Crippen LogP contribution in [-0.4, -0.2) is 30.9 Å². The van der Waals surface area contributed by atoms with Gasteiger partial charge < -0.3 is 9.47 Å². The Labute approximate surface area is 167 Å². The largest absolute Gasteiger partial charge is 0.493 e. The first kappa shape index (κ1) is 19.6. The van der Waals surface area contributed by atoms with Crippen molar-refractivity contribution in [2.45, 2.75) is 13.3 Å². The number of para-hydroxylation sites is 1. The van der Waals surface area contributed by atoms with Crippen molar-refractivity contribution in [3.05, 3.63) is 65.0 Å². The monoisotopic (exact) mass is 395 g/mol. The second kappa shape index (κ2) is 9.66. The van der Waals surface area contributed by atoms with E-state index in [-0.39, 0.29) is 0 Å². The number of hydrazone groups is 1. The van der Waals surface area contributed by atoms with Crippen molar-refractivity contribution in [2.24, 2.45) is 5.10 Å². The molecule has 0 radical (unpaired) electrons. The number of methoxy groups -OCH3 is 1. The molecule has 1 aromatic heterocycles. The summed E-state index contributed by atoms with van der Waals surface area (Å²) in [7, 11) is 1.36. The first-order valence-corrected chi connectivity index (χ1v) is 9.70. The number of nitrogens with zero attached hydrogens (tertiary/aromatic N) is 2. The molecule has 0 fully saturated rings. The Balaban J connectivity index is 1.81. The summed E-state index contributed by atoms with van der Waals surface area (Å²) in [6.07, 6.45) is 2.60. The van der Waals surface area contributed by atoms with Crippen LogP contribution >= 0.6 is 11.3 Å². The highest BCUT2D eigenvalue weighted by molar-refractivity contribution is 7.17. The zero-order valence-corrected chi connectivity index (χ0v) is 16.5. The summed E-state index contributed by atoms with van der Waals surface area (Å²) in [5.41, 5.74) is 5.17. The highest BCUT2D eigenvalue weighted by atomic mass is 32.1. The fourth-order valence-electron chi connectivity index (χ4n) is 2.48. The average molecular weight is 395 g/mol. The Bertz CT molecular complexity index is 955. The lowest BCUT2D eigenvalue weighted by atomic mass is 10.1. The van der Waals surface area contributed by atoms with Gasteiger partial charge in [-0.2, -0.15) is 5.10 Å². The molecule has 0 spiro atoms. The van der Waals surface area contributed by atoms with E-state index in [2.05, 4.69) is 22.4 Å². The van der Waals surface area contributed by atoms with Crippen LogP contribution in [0.4, 0.5) is 5.13 Å². The molecule has 0 saturated carbocycles. The zero-order chi connectivity index (χ0) is 19.8. The summed E-state index contributed by atoms with van der Waals surface area (Å²) in [6.45, 7) is 2.71. The SMILES string of the molecule is CCCOc1ccccc1/C=N\Nc1nc(-c2ccccc2)c(C(=O)OC)s1. The molecule has 144 valence electrons. The molecule has 0 aliphatic carbocycles. The Kier molecular flexibility index (Phi) is 6.75. The molecule has 28 heavy (non-hydrogen) atoms. The second-order valence-corrected chi connectivity index (χ2v) is 6.81. The summed E-state index contributed by atoms with van der Waals surface area (Å²) in [5, 5.41) is 4.76. The number of hydrogen-bond acceptors (Lipinski definition) is 7. The second-order valence-electron chi connectivity index (χ2n) is 5.81. The van der Waals surface area contributed by atoms with Crippen LogP contribution in [0.1, 0.15) is 28.6 Å². The first-order chi connectivity index (χ1) is 13.7. The number of nitrogens with one attached hydrogen (secondary N) is 1. The van der Waals surface area contributed by atoms with Crippen molar-refractivity contribution in [3.8, 4) is 17.0 Å². The van der Waals surface area contributed by atoms with Crippen LogP contribution in [0.2, 0.25) is 0 Å². The zero-order valence-electron chi connectivity index (χ0n) is 15.7. The van der Waals surface area contributed by atoms with Gasteiger partial charge in [0, 0.05) is 11.1 Å². The van der Waals surface area contributed by atoms with Crippen LogP contribution in [0.15, 0.2) is 59.7 Å². The molecule has 0 aliphatic rings. The average Bonchev–Trinajstić information content (AvgIpc) is 3.17. The number of carbonyl (C=O) groups is 1. The number of rotatable bonds is 8. The minimum Gasteiger partial charge on any atom is -0.493 e. The third kappa shape index (κ3) is 4.75. The van der Waals surface area contributed by atoms with Gasteiger partial charge in [0.05, 0.1) is 25.6 Å². The van der Waals surface area contributed by atoms with E-state index in [0.717, 1.165) is 23.3 Å². The maximum atomic E-state index is 12.1. The predicted molar refractivity (Wildman–Crippen MR) is 112 cm³/mol. The van der Waals surface area contributed by atoms with Gasteiger partial charge in [0.1, 0.15) is 10.6 Å². The topological polar surface area (TPSA) is 72.8 Å². The van der Waals surface area contributed by atoms with Gasteiger partial charge in [-0.05, 0) is 18.6 Å². The third-order valence-corrected chi connectivity index (χ3v) is 4.73. The van der Waals surface area contributed by atoms with Crippen molar-refractivity contribution >= 4 is 28.7 Å². The van der Waals surface area contributed by atoms with Crippen LogP contribution in [-0.2, 0) is 4.74 Å². The molecule has 1 N–H and O–H groups in total. The van der Waals surface area contributed by atoms with Gasteiger partial charge in [-0.15, -0.1) is 0 Å². The fourth-order valence-corrected chi connectivity index (χ4v) is 3.33. The van der Waals surface area contributed by atoms with Crippen LogP contribution in [0.25, 0.3) is 11.3 Å². The summed E-state index contributed by atoms with van der Waals surface area (Å²) in [5.74, 6) is 0.348. The number of ether oxygens (including phenoxy) is 2. The van der Waals surface area contributed by atoms with E-state index in [9.17, 15) is 4.79 Å². The fraction of sp³-hybridized carbons (Fsp3) is 0.190. The molecule has 0 bridgehead atoms. The van der Waals surface area contributed by atoms with Gasteiger partial charge in [0.15, 0.2) is 0 Å². The van der Waals surface area contributed by atoms with Gasteiger partial charge in [0.25, 0.3) is 0 Å². The highest BCUT2D eigenvalue weighted by Gasteiger charge is 2.19. The molecule has 0 saturated heterocycles. The number of anilines is 1. The quantitative estimate of drug-likeness (QED) is 0.336. The summed E-state index contributed by atoms with van der Waals surface area (Å²) >= 11 is 1.20. The number of carbonyl (C=O) groups excluding carboxylic acids is 1. The summed E-state index contributed by atoms with van der Waals surface area (Å²) < 4.78 is 10.6. The molecule has 0 atom stereocenters. The maximum Gasteiger partial charge on any atom is 0.350 e. The molecule has 3 rings (SSSR count). The van der Waals surface area contributed by atoms with E-state index in [1.54, 1.807) is 6.21 Å². The van der Waals surface area contributed by atoms with E-state index in [1.165, 1.54) is 18.4 Å². The minimum atomic E-state index is -0.424. The van der Waals surface area contributed by atoms with E-state index in [1.807, 2.05) is 54.6 Å². The van der Waals surface area contributed by atoms with Crippen molar-refractivity contribution < 1.29 is 14.3 Å². The van der Waals surface area contributed by atoms with Crippen LogP contribution in [0.5, 0.6) is 5.75 Å². The first-order valence-electron chi connectivity index (χ1n) is 8.88. The summed E-state index contributed by atoms with van der Waals surface area (Å²) in [6, 6.07) is 17.2. The predicted octanol–water partition coefficient (Wildman–Crippen LogP) is 4.83. The van der Waals surface area contributed by atoms with Crippen LogP contribution in [0.3, 0.4) is 0 Å². The lowest BCUT2D eigenvalue weighted by molar-refractivity contribution is 0.0607. The van der Waals surface area contributed by atoms with Gasteiger partial charge in [-0.1, -0.05) is 60.7 Å². The summed E-state index contributed by atoms with van der Waals surface area (Å²) in [4.78, 5) is 17.1. The Morgan fingerprint density at radius 3 is 2.68 bits per heavy atom. The number of hydrogen-bond donors (Lipinski definition) is 1. The van der Waals surface area contributed by atoms with E-state index >= 15 is 0 Å². The Morgan fingerprint density at radius 1 is 1.18 bits per heavy atom. The number of aromatic nitrogens is 1. The smallest absolute Gasteiger partial charge is 0.350 e. The normalized spacial score (nSPS) is 10.8. The molecular weight excluding hydrogens is 374 g/mol. The Hall–Kier alpha value is -3.19. The number of esters is 1. The van der Waals surface area contributed by atoms with Crippen molar-refractivity contribution in [1.82, 2.24) is 4.98 Å². The lowest BCUT2D eigenvalue weighted by Gasteiger charge is -2.07. The maximum absolute atomic E-state index is 12.1. The third-order valence-electron chi connectivity index (χ3n) is 3.79. The lowest BCUT2D eigenvalue weighted by Crippen LogP contribution is -2.00. The highest BCUT2D eigenvalue weighted by Crippen LogP contribution is 2.31. The molecule has 0 aliphatic heterocycles. The van der Waals surface area contributed by atoms with Gasteiger partial charge in [-0.25, -0.2) is 9.78 Å². The van der Waals surface area contributed by atoms with Gasteiger partial charge in [-0.3, -0.25) is 5.43 Å². The standard InChI is InChI=1S/C21H21N3O3S/c1-3-13-27-17-12-8-7-11-16(17)14-22-24-21-23-18(15-9-5-4-6-10-15)19(28-21)20(25)26-2/h4-12,14H,3,13H2,1-2H3,(H,23,24)/b22-14-. The number of thiazole rings is 1.